The minimum atomic E-state index is -0.484. The van der Waals surface area contributed by atoms with Crippen LogP contribution in [0, 0.1) is 0 Å². The summed E-state index contributed by atoms with van der Waals surface area (Å²) in [5, 5.41) is 3.63. The lowest BCUT2D eigenvalue weighted by atomic mass is 10.1. The number of hydrogen-bond donors (Lipinski definition) is 2. The van der Waals surface area contributed by atoms with Gasteiger partial charge in [0.25, 0.3) is 5.56 Å². The molecule has 0 unspecified atom stereocenters. The molecule has 0 spiro atoms. The monoisotopic (exact) mass is 457 g/mol. The molecule has 2 N–H and O–H groups in total. The Balaban J connectivity index is 1.75. The fourth-order valence-corrected chi connectivity index (χ4v) is 4.58. The van der Waals surface area contributed by atoms with Gasteiger partial charge >= 0.3 is 5.97 Å². The number of H-pyrrole nitrogens is 1. The maximum absolute atomic E-state index is 12.6. The highest BCUT2D eigenvalue weighted by molar-refractivity contribution is 7.99. The van der Waals surface area contributed by atoms with Crippen molar-refractivity contribution in [3.8, 4) is 10.4 Å². The number of aromatic amines is 1. The topological polar surface area (TPSA) is 101 Å². The van der Waals surface area contributed by atoms with Crippen LogP contribution in [0.15, 0.2) is 52.4 Å². The third-order valence-electron chi connectivity index (χ3n) is 4.16. The zero-order valence-electron chi connectivity index (χ0n) is 17.3. The lowest BCUT2D eigenvalue weighted by Gasteiger charge is -2.06. The highest BCUT2D eigenvalue weighted by Gasteiger charge is 2.20. The van der Waals surface area contributed by atoms with Crippen molar-refractivity contribution < 1.29 is 14.3 Å². The van der Waals surface area contributed by atoms with E-state index in [-0.39, 0.29) is 23.8 Å². The number of carbonyl (C=O) groups excluding carboxylic acids is 2. The van der Waals surface area contributed by atoms with Gasteiger partial charge in [-0.15, -0.1) is 11.3 Å². The second-order valence-corrected chi connectivity index (χ2v) is 8.58. The molecule has 0 atom stereocenters. The van der Waals surface area contributed by atoms with Gasteiger partial charge in [-0.2, -0.15) is 0 Å². The molecule has 0 fully saturated rings. The fourth-order valence-electron chi connectivity index (χ4n) is 2.82. The van der Waals surface area contributed by atoms with Crippen LogP contribution in [0.4, 0.5) is 5.00 Å². The molecule has 0 bridgehead atoms. The van der Waals surface area contributed by atoms with Gasteiger partial charge in [-0.3, -0.25) is 9.59 Å². The molecule has 0 saturated carbocycles. The smallest absolute Gasteiger partial charge is 0.341 e. The molecule has 3 aromatic rings. The number of carbonyl (C=O) groups is 2. The minimum Gasteiger partial charge on any atom is -0.462 e. The number of esters is 1. The molecule has 0 aliphatic carbocycles. The summed E-state index contributed by atoms with van der Waals surface area (Å²) in [7, 11) is 0. The number of aryl methyl sites for hydroxylation is 1. The lowest BCUT2D eigenvalue weighted by Crippen LogP contribution is -2.17. The number of thioether (sulfide) groups is 1. The summed E-state index contributed by atoms with van der Waals surface area (Å²) in [5.41, 5.74) is 1.73. The average molecular weight is 458 g/mol. The minimum absolute atomic E-state index is 0.0410. The van der Waals surface area contributed by atoms with Crippen molar-refractivity contribution in [1.82, 2.24) is 9.97 Å². The molecular formula is C22H23N3O4S2. The normalized spacial score (nSPS) is 10.6. The van der Waals surface area contributed by atoms with E-state index in [0.29, 0.717) is 27.8 Å². The van der Waals surface area contributed by atoms with E-state index >= 15 is 0 Å². The zero-order valence-corrected chi connectivity index (χ0v) is 18.9. The Hall–Kier alpha value is -2.91. The number of amides is 1. The van der Waals surface area contributed by atoms with Crippen LogP contribution in [0.5, 0.6) is 0 Å². The van der Waals surface area contributed by atoms with Gasteiger partial charge in [0, 0.05) is 16.6 Å². The van der Waals surface area contributed by atoms with E-state index in [1.54, 1.807) is 13.0 Å². The number of anilines is 1. The van der Waals surface area contributed by atoms with Crippen molar-refractivity contribution >= 4 is 40.0 Å². The second-order valence-electron chi connectivity index (χ2n) is 6.57. The molecule has 0 radical (unpaired) electrons. The summed E-state index contributed by atoms with van der Waals surface area (Å²) in [6, 6.07) is 12.8. The van der Waals surface area contributed by atoms with Gasteiger partial charge in [0.15, 0.2) is 5.16 Å². The molecule has 7 nitrogen and oxygen atoms in total. The molecule has 0 aliphatic rings. The van der Waals surface area contributed by atoms with Crippen molar-refractivity contribution in [3.63, 3.8) is 0 Å². The first-order chi connectivity index (χ1) is 15.0. The van der Waals surface area contributed by atoms with Gasteiger partial charge in [0.2, 0.25) is 5.91 Å². The molecule has 3 rings (SSSR count). The molecule has 0 saturated heterocycles. The number of rotatable bonds is 9. The molecule has 31 heavy (non-hydrogen) atoms. The van der Waals surface area contributed by atoms with Crippen LogP contribution in [-0.2, 0) is 16.0 Å². The van der Waals surface area contributed by atoms with Gasteiger partial charge in [-0.25, -0.2) is 9.78 Å². The molecule has 2 aromatic heterocycles. The Morgan fingerprint density at radius 3 is 2.68 bits per heavy atom. The Bertz CT molecular complexity index is 1110. The molecule has 1 amide bonds. The van der Waals surface area contributed by atoms with E-state index in [9.17, 15) is 14.4 Å². The van der Waals surface area contributed by atoms with Gasteiger partial charge in [-0.1, -0.05) is 55.4 Å². The molecule has 2 heterocycles. The number of thiophene rings is 1. The summed E-state index contributed by atoms with van der Waals surface area (Å²) in [6.07, 6.45) is 1.57. The first kappa shape index (κ1) is 22.8. The summed E-state index contributed by atoms with van der Waals surface area (Å²) in [6.45, 7) is 3.98. The highest BCUT2D eigenvalue weighted by atomic mass is 32.2. The van der Waals surface area contributed by atoms with Gasteiger partial charge in [0.1, 0.15) is 5.00 Å². The first-order valence-corrected chi connectivity index (χ1v) is 11.7. The molecule has 1 aromatic carbocycles. The van der Waals surface area contributed by atoms with Crippen molar-refractivity contribution in [2.75, 3.05) is 17.7 Å². The SMILES string of the molecule is CCCc1cc(=O)[nH]c(SCC(=O)Nc2sc(-c3ccccc3)cc2C(=O)OCC)n1. The van der Waals surface area contributed by atoms with E-state index < -0.39 is 5.97 Å². The summed E-state index contributed by atoms with van der Waals surface area (Å²) >= 11 is 2.45. The maximum Gasteiger partial charge on any atom is 0.341 e. The molecule has 162 valence electrons. The summed E-state index contributed by atoms with van der Waals surface area (Å²) in [5.74, 6) is -0.748. The Morgan fingerprint density at radius 2 is 1.97 bits per heavy atom. The Kier molecular flexibility index (Phi) is 8.02. The Morgan fingerprint density at radius 1 is 1.19 bits per heavy atom. The first-order valence-electron chi connectivity index (χ1n) is 9.89. The van der Waals surface area contributed by atoms with Crippen LogP contribution in [-0.4, -0.2) is 34.2 Å². The maximum atomic E-state index is 12.6. The Labute approximate surface area is 188 Å². The van der Waals surface area contributed by atoms with Crippen LogP contribution in [0.3, 0.4) is 0 Å². The van der Waals surface area contributed by atoms with Crippen molar-refractivity contribution in [3.05, 3.63) is 64.1 Å². The highest BCUT2D eigenvalue weighted by Crippen LogP contribution is 2.36. The van der Waals surface area contributed by atoms with Gasteiger partial charge in [0.05, 0.1) is 17.9 Å². The largest absolute Gasteiger partial charge is 0.462 e. The number of nitrogens with one attached hydrogen (secondary N) is 2. The van der Waals surface area contributed by atoms with E-state index in [1.165, 1.54) is 17.4 Å². The predicted octanol–water partition coefficient (Wildman–Crippen LogP) is 4.36. The van der Waals surface area contributed by atoms with Crippen molar-refractivity contribution in [2.45, 2.75) is 31.8 Å². The molecular weight excluding hydrogens is 434 g/mol. The quantitative estimate of drug-likeness (QED) is 0.281. The third kappa shape index (κ3) is 6.28. The van der Waals surface area contributed by atoms with Crippen LogP contribution >= 0.6 is 23.1 Å². The van der Waals surface area contributed by atoms with Gasteiger partial charge in [-0.05, 0) is 25.0 Å². The predicted molar refractivity (Wildman–Crippen MR) is 124 cm³/mol. The van der Waals surface area contributed by atoms with E-state index in [4.69, 9.17) is 4.74 Å². The lowest BCUT2D eigenvalue weighted by molar-refractivity contribution is -0.113. The number of hydrogen-bond acceptors (Lipinski definition) is 7. The van der Waals surface area contributed by atoms with Crippen molar-refractivity contribution in [1.29, 1.82) is 0 Å². The zero-order chi connectivity index (χ0) is 22.2. The third-order valence-corrected chi connectivity index (χ3v) is 6.13. The van der Waals surface area contributed by atoms with Crippen LogP contribution < -0.4 is 10.9 Å². The fraction of sp³-hybridized carbons (Fsp3) is 0.273. The standard InChI is InChI=1S/C22H23N3O4S2/c1-3-8-15-11-18(26)25-22(23-15)30-13-19(27)24-20-16(21(28)29-4-2)12-17(31-20)14-9-6-5-7-10-14/h5-7,9-12H,3-4,8,13H2,1-2H3,(H,24,27)(H,23,25,26). The number of benzene rings is 1. The van der Waals surface area contributed by atoms with E-state index in [2.05, 4.69) is 15.3 Å². The van der Waals surface area contributed by atoms with Crippen LogP contribution in [0.1, 0.15) is 36.3 Å². The summed E-state index contributed by atoms with van der Waals surface area (Å²) < 4.78 is 5.14. The average Bonchev–Trinajstić information content (AvgIpc) is 3.17. The number of aromatic nitrogens is 2. The molecule has 0 aliphatic heterocycles. The van der Waals surface area contributed by atoms with Crippen molar-refractivity contribution in [2.24, 2.45) is 0 Å². The van der Waals surface area contributed by atoms with Crippen LogP contribution in [0.2, 0.25) is 0 Å². The summed E-state index contributed by atoms with van der Waals surface area (Å²) in [4.78, 5) is 44.6. The van der Waals surface area contributed by atoms with E-state index in [0.717, 1.165) is 28.6 Å². The number of nitrogens with zero attached hydrogens (tertiary/aromatic N) is 1. The van der Waals surface area contributed by atoms with E-state index in [1.807, 2.05) is 37.3 Å². The second kappa shape index (κ2) is 10.9. The number of ether oxygens (including phenoxy) is 1. The van der Waals surface area contributed by atoms with Gasteiger partial charge < -0.3 is 15.0 Å². The molecule has 9 heteroatoms. The van der Waals surface area contributed by atoms with Crippen LogP contribution in [0.25, 0.3) is 10.4 Å².